The van der Waals surface area contributed by atoms with E-state index in [9.17, 15) is 0 Å². The van der Waals surface area contributed by atoms with Gasteiger partial charge in [0.15, 0.2) is 0 Å². The second-order valence-corrected chi connectivity index (χ2v) is 2.17. The van der Waals surface area contributed by atoms with E-state index in [1.165, 1.54) is 0 Å². The molecule has 0 heterocycles. The van der Waals surface area contributed by atoms with E-state index >= 15 is 0 Å². The first kappa shape index (κ1) is 22.7. The van der Waals surface area contributed by atoms with E-state index in [1.807, 2.05) is 0 Å². The molecular weight excluding hydrogens is 226 g/mol. The Labute approximate surface area is 82.2 Å². The molecule has 0 radical (unpaired) electrons. The zero-order chi connectivity index (χ0) is 4.50. The fourth-order valence-electron chi connectivity index (χ4n) is 0. The van der Waals surface area contributed by atoms with Gasteiger partial charge in [0.1, 0.15) is 0 Å². The maximum atomic E-state index is 8.52. The van der Waals surface area contributed by atoms with E-state index in [2.05, 4.69) is 0 Å². The molecule has 0 aromatic carbocycles. The molecule has 52 valence electrons. The second kappa shape index (κ2) is 8.42. The fourth-order valence-corrected chi connectivity index (χ4v) is 0. The quantitative estimate of drug-likeness (QED) is 0.680. The van der Waals surface area contributed by atoms with E-state index in [0.717, 1.165) is 0 Å². The first-order valence-electron chi connectivity index (χ1n) is 1.72. The number of hydrogen-bond acceptors (Lipinski definition) is 1. The maximum Gasteiger partial charge on any atom is 0.0563 e. The largest absolute Gasteiger partial charge is 0.391 e. The molecule has 0 aromatic heterocycles. The van der Waals surface area contributed by atoms with Crippen molar-refractivity contribution in [2.45, 2.75) is 26.4 Å². The molecular formula is C4H12Cl2OZr. The van der Waals surface area contributed by atoms with Crippen LogP contribution in [0.2, 0.25) is 0 Å². The van der Waals surface area contributed by atoms with Crippen molar-refractivity contribution in [2.75, 3.05) is 0 Å². The van der Waals surface area contributed by atoms with Gasteiger partial charge in [-0.15, -0.1) is 24.8 Å². The summed E-state index contributed by atoms with van der Waals surface area (Å²) in [7, 11) is 0. The Bertz CT molecular complexity index is 29.5. The SMILES string of the molecule is CC(C)(C)O.Cl.Cl.[Zr]. The van der Waals surface area contributed by atoms with Gasteiger partial charge in [-0.25, -0.2) is 0 Å². The Morgan fingerprint density at radius 3 is 1.00 bits per heavy atom. The van der Waals surface area contributed by atoms with Crippen molar-refractivity contribution in [3.05, 3.63) is 0 Å². The minimum Gasteiger partial charge on any atom is -0.391 e. The maximum absolute atomic E-state index is 8.52. The molecule has 0 aliphatic carbocycles. The minimum atomic E-state index is -0.500. The molecule has 0 atom stereocenters. The van der Waals surface area contributed by atoms with Crippen molar-refractivity contribution in [3.8, 4) is 0 Å². The van der Waals surface area contributed by atoms with E-state index in [-0.39, 0.29) is 51.0 Å². The van der Waals surface area contributed by atoms with E-state index in [1.54, 1.807) is 20.8 Å². The van der Waals surface area contributed by atoms with E-state index in [4.69, 9.17) is 5.11 Å². The molecule has 0 saturated carbocycles. The fraction of sp³-hybridized carbons (Fsp3) is 1.00. The van der Waals surface area contributed by atoms with Crippen LogP contribution in [-0.4, -0.2) is 10.7 Å². The number of rotatable bonds is 0. The monoisotopic (exact) mass is 236 g/mol. The Morgan fingerprint density at radius 1 is 1.00 bits per heavy atom. The Morgan fingerprint density at radius 2 is 1.00 bits per heavy atom. The summed E-state index contributed by atoms with van der Waals surface area (Å²) in [6, 6.07) is 0. The van der Waals surface area contributed by atoms with Gasteiger partial charge in [0.25, 0.3) is 0 Å². The molecule has 0 rings (SSSR count). The summed E-state index contributed by atoms with van der Waals surface area (Å²) in [6.07, 6.45) is 0. The molecule has 0 fully saturated rings. The van der Waals surface area contributed by atoms with Crippen molar-refractivity contribution in [2.24, 2.45) is 0 Å². The summed E-state index contributed by atoms with van der Waals surface area (Å²) in [4.78, 5) is 0. The average molecular weight is 238 g/mol. The summed E-state index contributed by atoms with van der Waals surface area (Å²) < 4.78 is 0. The minimum absolute atomic E-state index is 0. The molecule has 0 spiro atoms. The van der Waals surface area contributed by atoms with Gasteiger partial charge in [0.2, 0.25) is 0 Å². The topological polar surface area (TPSA) is 20.2 Å². The summed E-state index contributed by atoms with van der Waals surface area (Å²) in [5.74, 6) is 0. The van der Waals surface area contributed by atoms with E-state index in [0.29, 0.717) is 0 Å². The third-order valence-corrected chi connectivity index (χ3v) is 0. The number of hydrogen-bond donors (Lipinski definition) is 1. The third kappa shape index (κ3) is 151. The molecule has 0 aliphatic rings. The number of halogens is 2. The molecule has 1 N–H and O–H groups in total. The standard InChI is InChI=1S/C4H10O.2ClH.Zr/c1-4(2,3)5;;;/h5H,1-3H3;2*1H;. The average Bonchev–Trinajstić information content (AvgIpc) is 0.722. The van der Waals surface area contributed by atoms with E-state index < -0.39 is 5.60 Å². The molecule has 1 nitrogen and oxygen atoms in total. The van der Waals surface area contributed by atoms with Gasteiger partial charge in [-0.2, -0.15) is 0 Å². The Kier molecular flexibility index (Phi) is 23.9. The first-order valence-corrected chi connectivity index (χ1v) is 1.72. The predicted molar refractivity (Wildman–Crippen MR) is 36.5 cm³/mol. The first-order chi connectivity index (χ1) is 2.00. The van der Waals surface area contributed by atoms with Gasteiger partial charge in [0.05, 0.1) is 5.60 Å². The van der Waals surface area contributed by atoms with Crippen LogP contribution in [0.5, 0.6) is 0 Å². The van der Waals surface area contributed by atoms with Crippen molar-refractivity contribution in [1.29, 1.82) is 0 Å². The van der Waals surface area contributed by atoms with Crippen LogP contribution in [0.4, 0.5) is 0 Å². The van der Waals surface area contributed by atoms with Gasteiger partial charge in [0, 0.05) is 26.2 Å². The van der Waals surface area contributed by atoms with Crippen molar-refractivity contribution in [1.82, 2.24) is 0 Å². The molecule has 4 heteroatoms. The summed E-state index contributed by atoms with van der Waals surface area (Å²) in [5.41, 5.74) is -0.500. The number of aliphatic hydroxyl groups is 1. The normalized spacial score (nSPS) is 7.50. The summed E-state index contributed by atoms with van der Waals surface area (Å²) >= 11 is 0. The predicted octanol–water partition coefficient (Wildman–Crippen LogP) is 1.62. The van der Waals surface area contributed by atoms with Crippen LogP contribution in [0.25, 0.3) is 0 Å². The summed E-state index contributed by atoms with van der Waals surface area (Å²) in [6.45, 7) is 5.23. The third-order valence-electron chi connectivity index (χ3n) is 0. The molecule has 0 bridgehead atoms. The molecule has 0 unspecified atom stereocenters. The molecule has 0 saturated heterocycles. The van der Waals surface area contributed by atoms with Gasteiger partial charge in [-0.1, -0.05) is 0 Å². The van der Waals surface area contributed by atoms with Gasteiger partial charge in [-0.05, 0) is 20.8 Å². The van der Waals surface area contributed by atoms with Crippen molar-refractivity contribution < 1.29 is 31.3 Å². The van der Waals surface area contributed by atoms with Crippen LogP contribution in [0, 0.1) is 0 Å². The van der Waals surface area contributed by atoms with Gasteiger partial charge in [-0.3, -0.25) is 0 Å². The van der Waals surface area contributed by atoms with Crippen LogP contribution in [0.1, 0.15) is 20.8 Å². The molecule has 0 aromatic rings. The summed E-state index contributed by atoms with van der Waals surface area (Å²) in [5, 5.41) is 8.52. The van der Waals surface area contributed by atoms with Crippen LogP contribution in [0.15, 0.2) is 0 Å². The Hall–Kier alpha value is 1.42. The van der Waals surface area contributed by atoms with Gasteiger partial charge >= 0.3 is 0 Å². The van der Waals surface area contributed by atoms with Crippen molar-refractivity contribution in [3.63, 3.8) is 0 Å². The van der Waals surface area contributed by atoms with Crippen LogP contribution >= 0.6 is 24.8 Å². The molecule has 0 aliphatic heterocycles. The zero-order valence-electron chi connectivity index (χ0n) is 5.26. The second-order valence-electron chi connectivity index (χ2n) is 2.17. The van der Waals surface area contributed by atoms with Crippen molar-refractivity contribution >= 4 is 24.8 Å². The Balaban J connectivity index is -0.0000000267. The molecule has 8 heavy (non-hydrogen) atoms. The van der Waals surface area contributed by atoms with Crippen LogP contribution in [-0.2, 0) is 26.2 Å². The zero-order valence-corrected chi connectivity index (χ0v) is 9.35. The van der Waals surface area contributed by atoms with Crippen LogP contribution < -0.4 is 0 Å². The van der Waals surface area contributed by atoms with Crippen LogP contribution in [0.3, 0.4) is 0 Å². The smallest absolute Gasteiger partial charge is 0.0563 e. The van der Waals surface area contributed by atoms with Gasteiger partial charge < -0.3 is 5.11 Å². The molecule has 0 amide bonds.